The van der Waals surface area contributed by atoms with Gasteiger partial charge in [0.15, 0.2) is 5.03 Å². The van der Waals surface area contributed by atoms with Crippen molar-refractivity contribution in [3.63, 3.8) is 0 Å². The van der Waals surface area contributed by atoms with Crippen molar-refractivity contribution in [2.75, 3.05) is 11.1 Å². The van der Waals surface area contributed by atoms with Crippen molar-refractivity contribution in [1.29, 1.82) is 0 Å². The molecule has 1 aromatic heterocycles. The third-order valence-electron chi connectivity index (χ3n) is 4.47. The Morgan fingerprint density at radius 1 is 0.900 bits per heavy atom. The molecular formula is C21H24N2O4S3. The Kier molecular flexibility index (Phi) is 6.64. The number of thiazole rings is 1. The zero-order chi connectivity index (χ0) is 21.9. The van der Waals surface area contributed by atoms with Crippen LogP contribution in [0.25, 0.3) is 0 Å². The van der Waals surface area contributed by atoms with E-state index in [1.165, 1.54) is 12.1 Å². The third kappa shape index (κ3) is 4.91. The second kappa shape index (κ2) is 8.87. The van der Waals surface area contributed by atoms with Crippen molar-refractivity contribution in [2.45, 2.75) is 48.0 Å². The lowest BCUT2D eigenvalue weighted by atomic mass is 10.1. The molecule has 3 rings (SSSR count). The van der Waals surface area contributed by atoms with Crippen LogP contribution in [0, 0.1) is 13.8 Å². The molecule has 1 heterocycles. The SMILES string of the molecule is CCCS(=O)(=O)c1nc(S(=O)(=O)c2ccc(C)cc2)c(NCc2ccc(C)cc2)s1. The Balaban J connectivity index is 2.04. The summed E-state index contributed by atoms with van der Waals surface area (Å²) in [6.45, 7) is 5.96. The molecule has 0 fully saturated rings. The number of aryl methyl sites for hydroxylation is 2. The van der Waals surface area contributed by atoms with Gasteiger partial charge in [0.2, 0.25) is 24.0 Å². The molecule has 0 aliphatic carbocycles. The van der Waals surface area contributed by atoms with Crippen LogP contribution in [0.4, 0.5) is 5.00 Å². The van der Waals surface area contributed by atoms with E-state index >= 15 is 0 Å². The Morgan fingerprint density at radius 3 is 2.03 bits per heavy atom. The summed E-state index contributed by atoms with van der Waals surface area (Å²) < 4.78 is 51.4. The van der Waals surface area contributed by atoms with Crippen LogP contribution < -0.4 is 5.32 Å². The molecule has 0 spiro atoms. The summed E-state index contributed by atoms with van der Waals surface area (Å²) in [5.41, 5.74) is 2.99. The van der Waals surface area contributed by atoms with E-state index in [9.17, 15) is 16.8 Å². The number of nitrogens with one attached hydrogen (secondary N) is 1. The van der Waals surface area contributed by atoms with E-state index < -0.39 is 19.7 Å². The number of benzene rings is 2. The fraction of sp³-hybridized carbons (Fsp3) is 0.286. The Labute approximate surface area is 181 Å². The summed E-state index contributed by atoms with van der Waals surface area (Å²) in [6, 6.07) is 14.2. The summed E-state index contributed by atoms with van der Waals surface area (Å²) in [5.74, 6) is -0.0814. The Hall–Kier alpha value is -2.23. The Morgan fingerprint density at radius 2 is 1.47 bits per heavy atom. The van der Waals surface area contributed by atoms with Crippen LogP contribution in [0.1, 0.15) is 30.0 Å². The van der Waals surface area contributed by atoms with Crippen LogP contribution in [-0.4, -0.2) is 27.6 Å². The first-order valence-electron chi connectivity index (χ1n) is 9.48. The average molecular weight is 465 g/mol. The molecule has 0 saturated heterocycles. The summed E-state index contributed by atoms with van der Waals surface area (Å²) >= 11 is 0.864. The lowest BCUT2D eigenvalue weighted by molar-refractivity contribution is 0.589. The van der Waals surface area contributed by atoms with Gasteiger partial charge in [-0.15, -0.1) is 0 Å². The largest absolute Gasteiger partial charge is 0.370 e. The minimum absolute atomic E-state index is 0.0798. The van der Waals surface area contributed by atoms with Gasteiger partial charge in [0.05, 0.1) is 10.6 Å². The molecule has 0 saturated carbocycles. The fourth-order valence-electron chi connectivity index (χ4n) is 2.79. The predicted octanol–water partition coefficient (Wildman–Crippen LogP) is 4.39. The lowest BCUT2D eigenvalue weighted by Crippen LogP contribution is -2.09. The monoisotopic (exact) mass is 464 g/mol. The van der Waals surface area contributed by atoms with Crippen LogP contribution in [0.3, 0.4) is 0 Å². The number of hydrogen-bond donors (Lipinski definition) is 1. The van der Waals surface area contributed by atoms with E-state index in [1.54, 1.807) is 19.1 Å². The number of aromatic nitrogens is 1. The normalized spacial score (nSPS) is 12.1. The molecule has 1 N–H and O–H groups in total. The molecule has 0 aliphatic rings. The van der Waals surface area contributed by atoms with E-state index in [2.05, 4.69) is 10.3 Å². The van der Waals surface area contributed by atoms with Crippen molar-refractivity contribution in [3.8, 4) is 0 Å². The van der Waals surface area contributed by atoms with Gasteiger partial charge in [-0.25, -0.2) is 21.8 Å². The first kappa shape index (κ1) is 22.5. The number of hydrogen-bond acceptors (Lipinski definition) is 7. The maximum absolute atomic E-state index is 13.2. The van der Waals surface area contributed by atoms with E-state index in [1.807, 2.05) is 38.1 Å². The molecule has 2 aromatic carbocycles. The zero-order valence-electron chi connectivity index (χ0n) is 17.0. The second-order valence-corrected chi connectivity index (χ2v) is 12.2. The van der Waals surface area contributed by atoms with Gasteiger partial charge in [-0.3, -0.25) is 0 Å². The van der Waals surface area contributed by atoms with Crippen LogP contribution in [0.2, 0.25) is 0 Å². The molecule has 0 amide bonds. The molecular weight excluding hydrogens is 440 g/mol. The standard InChI is InChI=1S/C21H24N2O4S3/c1-4-13-29(24,25)21-23-20(30(26,27)18-11-7-16(3)8-12-18)19(28-21)22-14-17-9-5-15(2)6-10-17/h5-12,22H,4,13-14H2,1-3H3. The van der Waals surface area contributed by atoms with Crippen LogP contribution >= 0.6 is 11.3 Å². The van der Waals surface area contributed by atoms with Gasteiger partial charge in [-0.2, -0.15) is 0 Å². The molecule has 0 radical (unpaired) electrons. The van der Waals surface area contributed by atoms with Crippen LogP contribution in [-0.2, 0) is 26.2 Å². The number of rotatable bonds is 8. The van der Waals surface area contributed by atoms with Gasteiger partial charge in [0, 0.05) is 6.54 Å². The lowest BCUT2D eigenvalue weighted by Gasteiger charge is -2.08. The highest BCUT2D eigenvalue weighted by Crippen LogP contribution is 2.35. The Bertz CT molecular complexity index is 1230. The molecule has 9 heteroatoms. The number of anilines is 1. The summed E-state index contributed by atoms with van der Waals surface area (Å²) in [5, 5.41) is 3.06. The molecule has 6 nitrogen and oxygen atoms in total. The van der Waals surface area contributed by atoms with Gasteiger partial charge in [-0.05, 0) is 38.0 Å². The maximum Gasteiger partial charge on any atom is 0.226 e. The van der Waals surface area contributed by atoms with E-state index in [0.717, 1.165) is 28.0 Å². The van der Waals surface area contributed by atoms with Gasteiger partial charge < -0.3 is 5.32 Å². The van der Waals surface area contributed by atoms with Gasteiger partial charge in [0.1, 0.15) is 5.00 Å². The molecule has 0 bridgehead atoms. The molecule has 0 unspecified atom stereocenters. The van der Waals surface area contributed by atoms with Crippen molar-refractivity contribution in [1.82, 2.24) is 4.98 Å². The molecule has 0 atom stereocenters. The van der Waals surface area contributed by atoms with Crippen LogP contribution in [0.5, 0.6) is 0 Å². The number of nitrogens with zero attached hydrogens (tertiary/aromatic N) is 1. The first-order chi connectivity index (χ1) is 14.1. The number of sulfone groups is 2. The molecule has 30 heavy (non-hydrogen) atoms. The highest BCUT2D eigenvalue weighted by molar-refractivity contribution is 7.94. The summed E-state index contributed by atoms with van der Waals surface area (Å²) in [6.07, 6.45) is 0.425. The zero-order valence-corrected chi connectivity index (χ0v) is 19.5. The van der Waals surface area contributed by atoms with E-state index in [-0.39, 0.29) is 25.0 Å². The third-order valence-corrected chi connectivity index (χ3v) is 9.69. The quantitative estimate of drug-likeness (QED) is 0.531. The maximum atomic E-state index is 13.2. The predicted molar refractivity (Wildman–Crippen MR) is 120 cm³/mol. The second-order valence-electron chi connectivity index (χ2n) is 7.09. The summed E-state index contributed by atoms with van der Waals surface area (Å²) in [7, 11) is -7.63. The minimum atomic E-state index is -3.98. The van der Waals surface area contributed by atoms with Crippen molar-refractivity contribution >= 4 is 36.0 Å². The van der Waals surface area contributed by atoms with Gasteiger partial charge >= 0.3 is 0 Å². The average Bonchev–Trinajstić information content (AvgIpc) is 3.14. The summed E-state index contributed by atoms with van der Waals surface area (Å²) in [4.78, 5) is 4.16. The van der Waals surface area contributed by atoms with Crippen molar-refractivity contribution in [2.24, 2.45) is 0 Å². The molecule has 0 aliphatic heterocycles. The molecule has 3 aromatic rings. The van der Waals surface area contributed by atoms with Gasteiger partial charge in [-0.1, -0.05) is 65.8 Å². The smallest absolute Gasteiger partial charge is 0.226 e. The van der Waals surface area contributed by atoms with Crippen molar-refractivity contribution in [3.05, 3.63) is 65.2 Å². The highest BCUT2D eigenvalue weighted by atomic mass is 32.2. The van der Waals surface area contributed by atoms with E-state index in [0.29, 0.717) is 13.0 Å². The fourth-order valence-corrected chi connectivity index (χ4v) is 7.14. The van der Waals surface area contributed by atoms with Crippen molar-refractivity contribution < 1.29 is 16.8 Å². The minimum Gasteiger partial charge on any atom is -0.370 e. The van der Waals surface area contributed by atoms with E-state index in [4.69, 9.17) is 0 Å². The highest BCUT2D eigenvalue weighted by Gasteiger charge is 2.30. The van der Waals surface area contributed by atoms with Crippen LogP contribution in [0.15, 0.2) is 62.8 Å². The van der Waals surface area contributed by atoms with Gasteiger partial charge in [0.25, 0.3) is 0 Å². The topological polar surface area (TPSA) is 93.2 Å². The first-order valence-corrected chi connectivity index (χ1v) is 13.4. The molecule has 160 valence electrons.